The molecule has 0 unspecified atom stereocenters. The zero-order valence-electron chi connectivity index (χ0n) is 10.6. The first kappa shape index (κ1) is 14.1. The number of hydrogen-bond acceptors (Lipinski definition) is 2. The van der Waals surface area contributed by atoms with Gasteiger partial charge >= 0.3 is 0 Å². The third-order valence-electron chi connectivity index (χ3n) is 2.83. The van der Waals surface area contributed by atoms with Crippen LogP contribution in [0.15, 0.2) is 36.4 Å². The van der Waals surface area contributed by atoms with Gasteiger partial charge in [0, 0.05) is 12.5 Å². The minimum atomic E-state index is -0.811. The molecule has 0 amide bonds. The average molecular weight is 280 g/mol. The van der Waals surface area contributed by atoms with Gasteiger partial charge in [-0.1, -0.05) is 6.07 Å². The van der Waals surface area contributed by atoms with E-state index in [2.05, 4.69) is 0 Å². The Morgan fingerprint density at radius 3 is 2.35 bits per heavy atom. The number of carbonyl (C=O) groups excluding carboxylic acids is 1. The summed E-state index contributed by atoms with van der Waals surface area (Å²) in [5, 5.41) is 0. The second-order valence-corrected chi connectivity index (χ2v) is 4.18. The van der Waals surface area contributed by atoms with Gasteiger partial charge in [0.15, 0.2) is 5.78 Å². The molecule has 2 aromatic rings. The lowest BCUT2D eigenvalue weighted by atomic mass is 10.0. The van der Waals surface area contributed by atoms with E-state index in [1.165, 1.54) is 19.2 Å². The van der Waals surface area contributed by atoms with E-state index in [1.807, 2.05) is 0 Å². The predicted octanol–water partition coefficient (Wildman–Crippen LogP) is 3.54. The Morgan fingerprint density at radius 2 is 1.70 bits per heavy atom. The molecule has 5 heteroatoms. The molecule has 104 valence electrons. The highest BCUT2D eigenvalue weighted by Gasteiger charge is 2.16. The lowest BCUT2D eigenvalue weighted by Gasteiger charge is -2.08. The fraction of sp³-hybridized carbons (Fsp3) is 0.133. The van der Waals surface area contributed by atoms with Gasteiger partial charge in [0.2, 0.25) is 0 Å². The van der Waals surface area contributed by atoms with Crippen LogP contribution in [0.2, 0.25) is 0 Å². The molecule has 20 heavy (non-hydrogen) atoms. The van der Waals surface area contributed by atoms with Crippen LogP contribution in [0.25, 0.3) is 0 Å². The van der Waals surface area contributed by atoms with E-state index < -0.39 is 23.2 Å². The molecular formula is C15H11F3O2. The lowest BCUT2D eigenvalue weighted by molar-refractivity contribution is 0.0988. The predicted molar refractivity (Wildman–Crippen MR) is 67.3 cm³/mol. The molecule has 0 saturated carbocycles. The van der Waals surface area contributed by atoms with Crippen molar-refractivity contribution in [2.45, 2.75) is 6.42 Å². The Labute approximate surface area is 113 Å². The molecule has 2 rings (SSSR count). The van der Waals surface area contributed by atoms with Crippen LogP contribution >= 0.6 is 0 Å². The van der Waals surface area contributed by atoms with Gasteiger partial charge < -0.3 is 4.74 Å². The van der Waals surface area contributed by atoms with Gasteiger partial charge in [-0.3, -0.25) is 4.79 Å². The zero-order valence-corrected chi connectivity index (χ0v) is 10.6. The van der Waals surface area contributed by atoms with Crippen molar-refractivity contribution < 1.29 is 22.7 Å². The number of carbonyl (C=O) groups is 1. The van der Waals surface area contributed by atoms with Crippen LogP contribution in [0.5, 0.6) is 5.75 Å². The SMILES string of the molecule is COc1ccc(F)cc1C(=O)Cc1ccc(F)cc1F. The van der Waals surface area contributed by atoms with E-state index in [4.69, 9.17) is 4.74 Å². The van der Waals surface area contributed by atoms with Crippen LogP contribution in [-0.2, 0) is 6.42 Å². The van der Waals surface area contributed by atoms with Gasteiger partial charge in [-0.05, 0) is 29.8 Å². The third-order valence-corrected chi connectivity index (χ3v) is 2.83. The summed E-state index contributed by atoms with van der Waals surface area (Å²) in [5.41, 5.74) is 0.0685. The topological polar surface area (TPSA) is 26.3 Å². The first-order valence-corrected chi connectivity index (χ1v) is 5.82. The van der Waals surface area contributed by atoms with E-state index in [-0.39, 0.29) is 23.3 Å². The van der Waals surface area contributed by atoms with E-state index in [9.17, 15) is 18.0 Å². The molecule has 2 nitrogen and oxygen atoms in total. The van der Waals surface area contributed by atoms with Crippen molar-refractivity contribution in [3.8, 4) is 5.75 Å². The van der Waals surface area contributed by atoms with Crippen molar-refractivity contribution in [3.05, 3.63) is 65.0 Å². The van der Waals surface area contributed by atoms with Crippen LogP contribution in [-0.4, -0.2) is 12.9 Å². The van der Waals surface area contributed by atoms with Crippen LogP contribution in [0.1, 0.15) is 15.9 Å². The molecular weight excluding hydrogens is 269 g/mol. The molecule has 0 aliphatic rings. The van der Waals surface area contributed by atoms with Crippen molar-refractivity contribution in [1.29, 1.82) is 0 Å². The van der Waals surface area contributed by atoms with Crippen LogP contribution in [0.4, 0.5) is 13.2 Å². The highest BCUT2D eigenvalue weighted by Crippen LogP contribution is 2.22. The minimum Gasteiger partial charge on any atom is -0.496 e. The number of hydrogen-bond donors (Lipinski definition) is 0. The molecule has 0 saturated heterocycles. The van der Waals surface area contributed by atoms with Crippen LogP contribution < -0.4 is 4.74 Å². The fourth-order valence-corrected chi connectivity index (χ4v) is 1.83. The summed E-state index contributed by atoms with van der Waals surface area (Å²) < 4.78 is 44.4. The highest BCUT2D eigenvalue weighted by molar-refractivity contribution is 6.00. The molecule has 0 aliphatic heterocycles. The van der Waals surface area contributed by atoms with Crippen molar-refractivity contribution in [2.75, 3.05) is 7.11 Å². The maximum Gasteiger partial charge on any atom is 0.171 e. The number of Topliss-reactive ketones (excluding diaryl/α,β-unsaturated/α-hetero) is 1. The monoisotopic (exact) mass is 280 g/mol. The molecule has 0 heterocycles. The van der Waals surface area contributed by atoms with Gasteiger partial charge in [-0.2, -0.15) is 0 Å². The fourth-order valence-electron chi connectivity index (χ4n) is 1.83. The second kappa shape index (κ2) is 5.77. The number of ether oxygens (including phenoxy) is 1. The Bertz CT molecular complexity index is 654. The Morgan fingerprint density at radius 1 is 1.05 bits per heavy atom. The van der Waals surface area contributed by atoms with Gasteiger partial charge in [0.05, 0.1) is 12.7 Å². The summed E-state index contributed by atoms with van der Waals surface area (Å²) >= 11 is 0. The number of methoxy groups -OCH3 is 1. The molecule has 0 bridgehead atoms. The Kier molecular flexibility index (Phi) is 4.08. The van der Waals surface area contributed by atoms with Crippen molar-refractivity contribution >= 4 is 5.78 Å². The standard InChI is InChI=1S/C15H11F3O2/c1-20-15-5-4-10(16)7-12(15)14(19)6-9-2-3-11(17)8-13(9)18/h2-5,7-8H,6H2,1H3. The highest BCUT2D eigenvalue weighted by atomic mass is 19.1. The lowest BCUT2D eigenvalue weighted by Crippen LogP contribution is -2.08. The maximum absolute atomic E-state index is 13.5. The summed E-state index contributed by atoms with van der Waals surface area (Å²) in [6.45, 7) is 0. The van der Waals surface area contributed by atoms with Crippen LogP contribution in [0.3, 0.4) is 0 Å². The zero-order chi connectivity index (χ0) is 14.7. The molecule has 0 fully saturated rings. The van der Waals surface area contributed by atoms with Gasteiger partial charge in [0.25, 0.3) is 0 Å². The Hall–Kier alpha value is -2.30. The van der Waals surface area contributed by atoms with E-state index >= 15 is 0 Å². The molecule has 0 aromatic heterocycles. The van der Waals surface area contributed by atoms with Crippen molar-refractivity contribution in [1.82, 2.24) is 0 Å². The molecule has 0 spiro atoms. The summed E-state index contributed by atoms with van der Waals surface area (Å²) in [6.07, 6.45) is -0.300. The second-order valence-electron chi connectivity index (χ2n) is 4.18. The molecule has 0 N–H and O–H groups in total. The summed E-state index contributed by atoms with van der Waals surface area (Å²) in [7, 11) is 1.35. The number of halogens is 3. The third kappa shape index (κ3) is 2.99. The maximum atomic E-state index is 13.5. The van der Waals surface area contributed by atoms with Crippen molar-refractivity contribution in [3.63, 3.8) is 0 Å². The molecule has 0 radical (unpaired) electrons. The Balaban J connectivity index is 2.30. The molecule has 0 aliphatic carbocycles. The molecule has 2 aromatic carbocycles. The first-order chi connectivity index (χ1) is 9.51. The van der Waals surface area contributed by atoms with Gasteiger partial charge in [-0.25, -0.2) is 13.2 Å². The number of benzene rings is 2. The molecule has 0 atom stereocenters. The normalized spacial score (nSPS) is 10.4. The average Bonchev–Trinajstić information content (AvgIpc) is 2.41. The number of rotatable bonds is 4. The summed E-state index contributed by atoms with van der Waals surface area (Å²) in [5.74, 6) is -2.42. The smallest absolute Gasteiger partial charge is 0.171 e. The first-order valence-electron chi connectivity index (χ1n) is 5.82. The minimum absolute atomic E-state index is 0.0243. The summed E-state index contributed by atoms with van der Waals surface area (Å²) in [4.78, 5) is 12.1. The van der Waals surface area contributed by atoms with Crippen LogP contribution in [0, 0.1) is 17.5 Å². The van der Waals surface area contributed by atoms with E-state index in [1.54, 1.807) is 0 Å². The quantitative estimate of drug-likeness (QED) is 0.801. The van der Waals surface area contributed by atoms with E-state index in [0.29, 0.717) is 6.07 Å². The van der Waals surface area contributed by atoms with E-state index in [0.717, 1.165) is 18.2 Å². The summed E-state index contributed by atoms with van der Waals surface area (Å²) in [6, 6.07) is 6.47. The van der Waals surface area contributed by atoms with Crippen molar-refractivity contribution in [2.24, 2.45) is 0 Å². The largest absolute Gasteiger partial charge is 0.496 e. The number of ketones is 1. The van der Waals surface area contributed by atoms with Gasteiger partial charge in [-0.15, -0.1) is 0 Å². The van der Waals surface area contributed by atoms with Gasteiger partial charge in [0.1, 0.15) is 23.2 Å².